The predicted octanol–water partition coefficient (Wildman–Crippen LogP) is 0.532. The lowest BCUT2D eigenvalue weighted by Gasteiger charge is -2.09. The highest BCUT2D eigenvalue weighted by molar-refractivity contribution is 5.89. The number of anilines is 1. The highest BCUT2D eigenvalue weighted by Crippen LogP contribution is 2.14. The number of aliphatic hydroxyl groups is 1. The van der Waals surface area contributed by atoms with Gasteiger partial charge in [0.15, 0.2) is 6.10 Å². The molecule has 0 fully saturated rings. The molecule has 98 valence electrons. The van der Waals surface area contributed by atoms with E-state index in [1.165, 1.54) is 0 Å². The minimum Gasteiger partial charge on any atom is -0.479 e. The molecule has 1 atom stereocenters. The Bertz CT molecular complexity index is 467. The van der Waals surface area contributed by atoms with Gasteiger partial charge in [0.25, 0.3) is 0 Å². The molecule has 0 aliphatic heterocycles. The summed E-state index contributed by atoms with van der Waals surface area (Å²) >= 11 is 0. The zero-order valence-corrected chi connectivity index (χ0v) is 8.98. The molecule has 0 bridgehead atoms. The van der Waals surface area contributed by atoms with Crippen LogP contribution in [0.3, 0.4) is 0 Å². The molecule has 0 saturated heterocycles. The van der Waals surface area contributed by atoms with E-state index in [0.717, 1.165) is 18.2 Å². The second kappa shape index (κ2) is 5.92. The molecule has 0 aliphatic carbocycles. The van der Waals surface area contributed by atoms with Crippen LogP contribution in [0.25, 0.3) is 0 Å². The van der Waals surface area contributed by atoms with Crippen molar-refractivity contribution in [1.82, 2.24) is 5.32 Å². The van der Waals surface area contributed by atoms with Crippen molar-refractivity contribution in [2.24, 2.45) is 0 Å². The summed E-state index contributed by atoms with van der Waals surface area (Å²) in [6, 6.07) is 1.52. The van der Waals surface area contributed by atoms with Crippen molar-refractivity contribution in [2.75, 3.05) is 11.9 Å². The first kappa shape index (κ1) is 13.8. The number of nitrogens with one attached hydrogen (secondary N) is 2. The zero-order chi connectivity index (χ0) is 13.7. The normalized spacial score (nSPS) is 11.7. The van der Waals surface area contributed by atoms with Gasteiger partial charge in [0.1, 0.15) is 11.6 Å². The first-order valence-electron chi connectivity index (χ1n) is 4.81. The number of amides is 2. The topological polar surface area (TPSA) is 98.7 Å². The predicted molar refractivity (Wildman–Crippen MR) is 57.0 cm³/mol. The van der Waals surface area contributed by atoms with Gasteiger partial charge in [-0.15, -0.1) is 0 Å². The van der Waals surface area contributed by atoms with Gasteiger partial charge in [-0.2, -0.15) is 0 Å². The van der Waals surface area contributed by atoms with Crippen LogP contribution in [0.5, 0.6) is 0 Å². The van der Waals surface area contributed by atoms with Gasteiger partial charge in [0.2, 0.25) is 0 Å². The molecule has 8 heteroatoms. The highest BCUT2D eigenvalue weighted by Gasteiger charge is 2.14. The number of aliphatic hydroxyl groups excluding tert-OH is 1. The number of hydrogen-bond acceptors (Lipinski definition) is 3. The van der Waals surface area contributed by atoms with Crippen molar-refractivity contribution in [3.63, 3.8) is 0 Å². The van der Waals surface area contributed by atoms with Crippen LogP contribution in [0.15, 0.2) is 18.2 Å². The van der Waals surface area contributed by atoms with Crippen molar-refractivity contribution in [1.29, 1.82) is 0 Å². The molecular weight excluding hydrogens is 250 g/mol. The highest BCUT2D eigenvalue weighted by atomic mass is 19.1. The van der Waals surface area contributed by atoms with E-state index in [0.29, 0.717) is 0 Å². The Morgan fingerprint density at radius 3 is 2.61 bits per heavy atom. The van der Waals surface area contributed by atoms with E-state index in [2.05, 4.69) is 0 Å². The number of aliphatic carboxylic acids is 1. The first-order chi connectivity index (χ1) is 8.40. The van der Waals surface area contributed by atoms with E-state index in [4.69, 9.17) is 10.2 Å². The molecule has 0 radical (unpaired) electrons. The number of hydrogen-bond donors (Lipinski definition) is 4. The van der Waals surface area contributed by atoms with E-state index >= 15 is 0 Å². The average molecular weight is 260 g/mol. The van der Waals surface area contributed by atoms with E-state index in [-0.39, 0.29) is 0 Å². The molecular formula is C10H10F2N2O4. The van der Waals surface area contributed by atoms with Gasteiger partial charge < -0.3 is 20.8 Å². The lowest BCUT2D eigenvalue weighted by molar-refractivity contribution is -0.146. The van der Waals surface area contributed by atoms with Crippen LogP contribution >= 0.6 is 0 Å². The molecule has 0 heterocycles. The maximum Gasteiger partial charge on any atom is 0.334 e. The summed E-state index contributed by atoms with van der Waals surface area (Å²) in [7, 11) is 0. The van der Waals surface area contributed by atoms with Gasteiger partial charge in [-0.1, -0.05) is 0 Å². The molecule has 18 heavy (non-hydrogen) atoms. The van der Waals surface area contributed by atoms with Crippen molar-refractivity contribution >= 4 is 17.7 Å². The Hall–Kier alpha value is -2.22. The maximum atomic E-state index is 13.1. The second-order valence-electron chi connectivity index (χ2n) is 3.31. The summed E-state index contributed by atoms with van der Waals surface area (Å²) in [6.07, 6.45) is -1.77. The largest absolute Gasteiger partial charge is 0.479 e. The minimum absolute atomic E-state index is 0.391. The summed E-state index contributed by atoms with van der Waals surface area (Å²) in [4.78, 5) is 21.4. The molecule has 2 amide bonds. The van der Waals surface area contributed by atoms with E-state index in [9.17, 15) is 18.4 Å². The van der Waals surface area contributed by atoms with Gasteiger partial charge in [0.05, 0.1) is 12.2 Å². The van der Waals surface area contributed by atoms with Crippen LogP contribution in [0, 0.1) is 11.6 Å². The number of carboxylic acids is 1. The molecule has 1 rings (SSSR count). The van der Waals surface area contributed by atoms with Crippen LogP contribution < -0.4 is 10.6 Å². The maximum absolute atomic E-state index is 13.1. The quantitative estimate of drug-likeness (QED) is 0.634. The lowest BCUT2D eigenvalue weighted by Crippen LogP contribution is -2.38. The van der Waals surface area contributed by atoms with Crippen molar-refractivity contribution < 1.29 is 28.6 Å². The van der Waals surface area contributed by atoms with Crippen molar-refractivity contribution in [3.05, 3.63) is 29.8 Å². The molecule has 0 aliphatic rings. The summed E-state index contributed by atoms with van der Waals surface area (Å²) in [6.45, 7) is -0.557. The van der Waals surface area contributed by atoms with E-state index in [1.807, 2.05) is 10.6 Å². The molecule has 0 spiro atoms. The van der Waals surface area contributed by atoms with E-state index < -0.39 is 42.0 Å². The summed E-state index contributed by atoms with van der Waals surface area (Å²) in [5.74, 6) is -3.09. The number of urea groups is 1. The Kier molecular flexibility index (Phi) is 4.55. The van der Waals surface area contributed by atoms with Gasteiger partial charge in [-0.05, 0) is 12.1 Å². The molecule has 6 nitrogen and oxygen atoms in total. The Labute approximate surface area is 100 Å². The molecule has 4 N–H and O–H groups in total. The van der Waals surface area contributed by atoms with Crippen molar-refractivity contribution in [3.8, 4) is 0 Å². The third kappa shape index (κ3) is 3.98. The molecule has 0 saturated carbocycles. The lowest BCUT2D eigenvalue weighted by atomic mass is 10.3. The van der Waals surface area contributed by atoms with Gasteiger partial charge >= 0.3 is 12.0 Å². The fourth-order valence-corrected chi connectivity index (χ4v) is 1.04. The minimum atomic E-state index is -1.77. The zero-order valence-electron chi connectivity index (χ0n) is 8.98. The number of carboxylic acid groups (broad SMARTS) is 1. The number of benzene rings is 1. The standard InChI is InChI=1S/C10H10F2N2O4/c11-5-1-2-6(12)7(3-5)14-10(18)13-4-8(15)9(16)17/h1-3,8,15H,4H2,(H,16,17)(H2,13,14,18)/t8-/m0/s1. The fourth-order valence-electron chi connectivity index (χ4n) is 1.04. The van der Waals surface area contributed by atoms with Gasteiger partial charge in [-0.3, -0.25) is 0 Å². The number of carbonyl (C=O) groups is 2. The van der Waals surface area contributed by atoms with Crippen LogP contribution in [-0.4, -0.2) is 34.9 Å². The summed E-state index contributed by atoms with van der Waals surface area (Å²) in [5, 5.41) is 21.2. The Balaban J connectivity index is 2.54. The molecule has 0 unspecified atom stereocenters. The van der Waals surface area contributed by atoms with Crippen LogP contribution in [0.2, 0.25) is 0 Å². The average Bonchev–Trinajstić information content (AvgIpc) is 2.30. The summed E-state index contributed by atoms with van der Waals surface area (Å²) in [5.41, 5.74) is -0.391. The van der Waals surface area contributed by atoms with Gasteiger partial charge in [0, 0.05) is 6.07 Å². The molecule has 0 aromatic heterocycles. The third-order valence-electron chi connectivity index (χ3n) is 1.92. The molecule has 1 aromatic rings. The van der Waals surface area contributed by atoms with Crippen LogP contribution in [0.1, 0.15) is 0 Å². The van der Waals surface area contributed by atoms with E-state index in [1.54, 1.807) is 0 Å². The second-order valence-corrected chi connectivity index (χ2v) is 3.31. The number of halogens is 2. The fraction of sp³-hybridized carbons (Fsp3) is 0.200. The first-order valence-corrected chi connectivity index (χ1v) is 4.81. The van der Waals surface area contributed by atoms with Crippen LogP contribution in [-0.2, 0) is 4.79 Å². The Morgan fingerprint density at radius 1 is 1.33 bits per heavy atom. The van der Waals surface area contributed by atoms with Gasteiger partial charge in [-0.25, -0.2) is 18.4 Å². The van der Waals surface area contributed by atoms with Crippen molar-refractivity contribution in [2.45, 2.75) is 6.10 Å². The number of carbonyl (C=O) groups excluding carboxylic acids is 1. The SMILES string of the molecule is O=C(NC[C@H](O)C(=O)O)Nc1cc(F)ccc1F. The summed E-state index contributed by atoms with van der Waals surface area (Å²) < 4.78 is 25.9. The number of rotatable bonds is 4. The Morgan fingerprint density at radius 2 is 2.00 bits per heavy atom. The van der Waals surface area contributed by atoms with Crippen LogP contribution in [0.4, 0.5) is 19.3 Å². The monoisotopic (exact) mass is 260 g/mol. The molecule has 1 aromatic carbocycles. The third-order valence-corrected chi connectivity index (χ3v) is 1.92. The smallest absolute Gasteiger partial charge is 0.334 e.